The molecule has 1 amide bonds. The van der Waals surface area contributed by atoms with Gasteiger partial charge in [0.15, 0.2) is 6.29 Å². The maximum atomic E-state index is 12.9. The molecule has 1 rings (SSSR count). The molecule has 11 heteroatoms. The highest BCUT2D eigenvalue weighted by atomic mass is 16.7. The number of nitrogens with one attached hydrogen (secondary N) is 1. The Balaban J connectivity index is 2.15. The molecule has 1 fully saturated rings. The molecule has 0 bridgehead atoms. The average Bonchev–Trinajstić information content (AvgIpc) is 3.30. The number of unbranched alkanes of at least 4 members (excludes halogenated alkanes) is 25. The number of carbonyl (C=O) groups excluding carboxylic acids is 2. The summed E-state index contributed by atoms with van der Waals surface area (Å²) >= 11 is 0. The highest BCUT2D eigenvalue weighted by Crippen LogP contribution is 2.23. The molecule has 378 valence electrons. The van der Waals surface area contributed by atoms with Crippen LogP contribution in [-0.2, 0) is 23.8 Å². The Bertz CT molecular complexity index is 1220. The predicted octanol–water partition coefficient (Wildman–Crippen LogP) is 10.9. The Labute approximate surface area is 396 Å². The summed E-state index contributed by atoms with van der Waals surface area (Å²) in [7, 11) is 0. The highest BCUT2D eigenvalue weighted by Gasteiger charge is 2.44. The van der Waals surface area contributed by atoms with Crippen molar-refractivity contribution in [3.05, 3.63) is 48.6 Å². The van der Waals surface area contributed by atoms with E-state index in [0.717, 1.165) is 103 Å². The molecule has 1 aliphatic rings. The second kappa shape index (κ2) is 44.1. The summed E-state index contributed by atoms with van der Waals surface area (Å²) in [5, 5.41) is 54.0. The van der Waals surface area contributed by atoms with Gasteiger partial charge in [-0.25, -0.2) is 0 Å². The Morgan fingerprint density at radius 2 is 1.05 bits per heavy atom. The number of carbonyl (C=O) groups is 2. The maximum absolute atomic E-state index is 12.9. The number of rotatable bonds is 44. The molecule has 6 N–H and O–H groups in total. The zero-order chi connectivity index (χ0) is 47.4. The quantitative estimate of drug-likeness (QED) is 0.0149. The van der Waals surface area contributed by atoms with E-state index in [0.29, 0.717) is 19.4 Å². The number of hydrogen-bond donors (Lipinski definition) is 6. The number of amides is 1. The SMILES string of the molecule is CCCCC/C=C/CC/C=C/C(O)C(COC1OC(CO)C(O)C(O)C1O)NC(=O)CCCCCCCC/C=C\C=C/CCCCCOC(=O)CCCCCCCCCCCCCCC. The van der Waals surface area contributed by atoms with Crippen LogP contribution in [0.15, 0.2) is 48.6 Å². The standard InChI is InChI=1S/C54H97NO10/c1-3-5-7-9-11-13-14-18-22-26-30-34-38-42-50(59)63-43-39-35-31-27-23-20-17-15-16-19-21-25-29-33-37-41-49(58)55-46(47(57)40-36-32-28-24-12-10-8-6-4-2)45-64-54-53(62)52(61)51(60)48(44-56)65-54/h12,15,17,20,23-24,36,40,46-48,51-54,56-57,60-62H,3-11,13-14,16,18-19,21-22,25-35,37-39,41-45H2,1-2H3,(H,55,58)/b17-15-,23-20-,24-12+,40-36+. The Hall–Kier alpha value is -2.38. The van der Waals surface area contributed by atoms with Gasteiger partial charge in [-0.15, -0.1) is 0 Å². The van der Waals surface area contributed by atoms with Crippen LogP contribution in [0.25, 0.3) is 0 Å². The predicted molar refractivity (Wildman–Crippen MR) is 264 cm³/mol. The van der Waals surface area contributed by atoms with Gasteiger partial charge in [0.2, 0.25) is 5.91 Å². The van der Waals surface area contributed by atoms with Crippen LogP contribution in [0.2, 0.25) is 0 Å². The molecule has 0 spiro atoms. The number of ether oxygens (including phenoxy) is 3. The molecule has 7 unspecified atom stereocenters. The minimum atomic E-state index is -1.58. The molecule has 1 saturated heterocycles. The van der Waals surface area contributed by atoms with Crippen molar-refractivity contribution in [2.45, 2.75) is 262 Å². The summed E-state index contributed by atoms with van der Waals surface area (Å²) in [4.78, 5) is 25.0. The van der Waals surface area contributed by atoms with Crippen molar-refractivity contribution in [2.75, 3.05) is 19.8 Å². The van der Waals surface area contributed by atoms with Crippen LogP contribution in [0.3, 0.4) is 0 Å². The molecule has 1 aliphatic heterocycles. The Morgan fingerprint density at radius 3 is 1.65 bits per heavy atom. The number of esters is 1. The van der Waals surface area contributed by atoms with Crippen molar-refractivity contribution in [2.24, 2.45) is 0 Å². The summed E-state index contributed by atoms with van der Waals surface area (Å²) < 4.78 is 16.6. The van der Waals surface area contributed by atoms with Crippen LogP contribution >= 0.6 is 0 Å². The van der Waals surface area contributed by atoms with Gasteiger partial charge in [-0.1, -0.05) is 178 Å². The Kier molecular flexibility index (Phi) is 41.2. The smallest absolute Gasteiger partial charge is 0.305 e. The first-order chi connectivity index (χ1) is 31.7. The van der Waals surface area contributed by atoms with E-state index < -0.39 is 49.5 Å². The number of hydrogen-bond acceptors (Lipinski definition) is 10. The Morgan fingerprint density at radius 1 is 0.569 bits per heavy atom. The zero-order valence-electron chi connectivity index (χ0n) is 41.2. The largest absolute Gasteiger partial charge is 0.466 e. The van der Waals surface area contributed by atoms with E-state index in [1.807, 2.05) is 6.08 Å². The number of allylic oxidation sites excluding steroid dienone is 7. The van der Waals surface area contributed by atoms with E-state index in [2.05, 4.69) is 55.6 Å². The molecule has 7 atom stereocenters. The van der Waals surface area contributed by atoms with E-state index in [1.54, 1.807) is 6.08 Å². The summed E-state index contributed by atoms with van der Waals surface area (Å²) in [5.74, 6) is -0.260. The molecular weight excluding hydrogens is 823 g/mol. The van der Waals surface area contributed by atoms with Gasteiger partial charge in [0.05, 0.1) is 32.0 Å². The van der Waals surface area contributed by atoms with Crippen molar-refractivity contribution in [3.8, 4) is 0 Å². The number of aliphatic hydroxyl groups is 5. The van der Waals surface area contributed by atoms with Gasteiger partial charge in [0, 0.05) is 12.8 Å². The molecule has 0 aliphatic carbocycles. The van der Waals surface area contributed by atoms with E-state index in [1.165, 1.54) is 89.9 Å². The number of aliphatic hydroxyl groups excluding tert-OH is 5. The van der Waals surface area contributed by atoms with Crippen LogP contribution in [-0.4, -0.2) is 100 Å². The monoisotopic (exact) mass is 920 g/mol. The van der Waals surface area contributed by atoms with Crippen molar-refractivity contribution < 1.29 is 49.3 Å². The summed E-state index contributed by atoms with van der Waals surface area (Å²) in [6.45, 7) is 4.18. The summed E-state index contributed by atoms with van der Waals surface area (Å²) in [5.41, 5.74) is 0. The van der Waals surface area contributed by atoms with Crippen molar-refractivity contribution in [1.82, 2.24) is 5.32 Å². The van der Waals surface area contributed by atoms with E-state index >= 15 is 0 Å². The molecule has 0 aromatic heterocycles. The van der Waals surface area contributed by atoms with Gasteiger partial charge in [-0.2, -0.15) is 0 Å². The van der Waals surface area contributed by atoms with Gasteiger partial charge in [-0.05, 0) is 77.0 Å². The second-order valence-corrected chi connectivity index (χ2v) is 18.2. The van der Waals surface area contributed by atoms with Gasteiger partial charge in [0.1, 0.15) is 24.4 Å². The van der Waals surface area contributed by atoms with Gasteiger partial charge >= 0.3 is 5.97 Å². The first-order valence-corrected chi connectivity index (χ1v) is 26.4. The molecular formula is C54H97NO10. The molecule has 0 saturated carbocycles. The molecule has 11 nitrogen and oxygen atoms in total. The first kappa shape index (κ1) is 60.6. The fourth-order valence-electron chi connectivity index (χ4n) is 7.91. The van der Waals surface area contributed by atoms with Gasteiger partial charge < -0.3 is 45.1 Å². The van der Waals surface area contributed by atoms with Crippen molar-refractivity contribution in [3.63, 3.8) is 0 Å². The van der Waals surface area contributed by atoms with Gasteiger partial charge in [-0.3, -0.25) is 9.59 Å². The maximum Gasteiger partial charge on any atom is 0.305 e. The van der Waals surface area contributed by atoms with Crippen LogP contribution in [0, 0.1) is 0 Å². The molecule has 0 aromatic rings. The molecule has 65 heavy (non-hydrogen) atoms. The van der Waals surface area contributed by atoms with Crippen LogP contribution in [0.4, 0.5) is 0 Å². The lowest BCUT2D eigenvalue weighted by atomic mass is 9.99. The third-order valence-electron chi connectivity index (χ3n) is 12.2. The van der Waals surface area contributed by atoms with Crippen molar-refractivity contribution >= 4 is 11.9 Å². The fraction of sp³-hybridized carbons (Fsp3) is 0.815. The average molecular weight is 920 g/mol. The van der Waals surface area contributed by atoms with E-state index in [9.17, 15) is 35.1 Å². The molecule has 0 aromatic carbocycles. The lowest BCUT2D eigenvalue weighted by Gasteiger charge is -2.40. The van der Waals surface area contributed by atoms with E-state index in [-0.39, 0.29) is 18.5 Å². The second-order valence-electron chi connectivity index (χ2n) is 18.2. The van der Waals surface area contributed by atoms with Crippen LogP contribution in [0.5, 0.6) is 0 Å². The fourth-order valence-corrected chi connectivity index (χ4v) is 7.91. The normalized spacial score (nSPS) is 20.1. The summed E-state index contributed by atoms with van der Waals surface area (Å²) in [6, 6.07) is -0.843. The molecule has 0 radical (unpaired) electrons. The third-order valence-corrected chi connectivity index (χ3v) is 12.2. The van der Waals surface area contributed by atoms with Gasteiger partial charge in [0.25, 0.3) is 0 Å². The summed E-state index contributed by atoms with van der Waals surface area (Å²) in [6.07, 6.45) is 43.5. The van der Waals surface area contributed by atoms with Crippen LogP contribution < -0.4 is 5.32 Å². The lowest BCUT2D eigenvalue weighted by molar-refractivity contribution is -0.302. The topological polar surface area (TPSA) is 175 Å². The molecule has 1 heterocycles. The van der Waals surface area contributed by atoms with E-state index in [4.69, 9.17) is 14.2 Å². The third kappa shape index (κ3) is 34.6. The minimum Gasteiger partial charge on any atom is -0.466 e. The highest BCUT2D eigenvalue weighted by molar-refractivity contribution is 5.76. The van der Waals surface area contributed by atoms with Crippen molar-refractivity contribution in [1.29, 1.82) is 0 Å². The lowest BCUT2D eigenvalue weighted by Crippen LogP contribution is -2.60. The minimum absolute atomic E-state index is 0.0414. The zero-order valence-corrected chi connectivity index (χ0v) is 41.2. The first-order valence-electron chi connectivity index (χ1n) is 26.4. The van der Waals surface area contributed by atoms with Crippen LogP contribution in [0.1, 0.15) is 219 Å².